The van der Waals surface area contributed by atoms with Crippen LogP contribution in [0.2, 0.25) is 0 Å². The Balaban J connectivity index is 1.70. The van der Waals surface area contributed by atoms with Gasteiger partial charge in [-0.2, -0.15) is 10.1 Å². The Morgan fingerprint density at radius 3 is 2.55 bits per heavy atom. The molecule has 0 fully saturated rings. The maximum Gasteiger partial charge on any atom is 0.225 e. The van der Waals surface area contributed by atoms with E-state index in [1.54, 1.807) is 35.2 Å². The molecular formula is C23H22FN9. The molecule has 4 rings (SSSR count). The van der Waals surface area contributed by atoms with Gasteiger partial charge in [0.15, 0.2) is 0 Å². The standard InChI is InChI=1S/C23H22FN9/c1-15(16-5-3-2-4-6-16)29-23-27-12-11-20(31-23)33-14-19(13-28-32-22(25)26)30-21(33)17-7-9-18(24)10-8-17/h2-15H,1H3,(H4,25,26,32)(H,27,29,31)/b28-13+/t15-/m0/s1. The van der Waals surface area contributed by atoms with Gasteiger partial charge in [0, 0.05) is 18.0 Å². The number of nitrogens with zero attached hydrogens (tertiary/aromatic N) is 6. The van der Waals surface area contributed by atoms with Crippen LogP contribution in [0.3, 0.4) is 0 Å². The second kappa shape index (κ2) is 9.69. The molecule has 166 valence electrons. The fourth-order valence-corrected chi connectivity index (χ4v) is 3.16. The van der Waals surface area contributed by atoms with Crippen molar-refractivity contribution in [1.29, 1.82) is 0 Å². The summed E-state index contributed by atoms with van der Waals surface area (Å²) >= 11 is 0. The molecule has 9 nitrogen and oxygen atoms in total. The number of hydrogen-bond acceptors (Lipinski definition) is 6. The number of hydrogen-bond donors (Lipinski definition) is 3. The quantitative estimate of drug-likeness (QED) is 0.228. The molecule has 0 saturated carbocycles. The van der Waals surface area contributed by atoms with E-state index < -0.39 is 0 Å². The van der Waals surface area contributed by atoms with Gasteiger partial charge in [-0.3, -0.25) is 4.57 Å². The highest BCUT2D eigenvalue weighted by atomic mass is 19.1. The third kappa shape index (κ3) is 5.37. The van der Waals surface area contributed by atoms with Crippen LogP contribution in [0.5, 0.6) is 0 Å². The van der Waals surface area contributed by atoms with E-state index in [0.717, 1.165) is 5.56 Å². The summed E-state index contributed by atoms with van der Waals surface area (Å²) in [4.78, 5) is 13.6. The Bertz CT molecular complexity index is 1280. The summed E-state index contributed by atoms with van der Waals surface area (Å²) in [6.45, 7) is 2.03. The van der Waals surface area contributed by atoms with Gasteiger partial charge in [0.1, 0.15) is 23.2 Å². The Labute approximate surface area is 189 Å². The number of rotatable bonds is 7. The third-order valence-corrected chi connectivity index (χ3v) is 4.72. The van der Waals surface area contributed by atoms with Gasteiger partial charge in [-0.05, 0) is 42.8 Å². The van der Waals surface area contributed by atoms with E-state index >= 15 is 0 Å². The van der Waals surface area contributed by atoms with Crippen molar-refractivity contribution in [3.8, 4) is 17.2 Å². The monoisotopic (exact) mass is 443 g/mol. The molecular weight excluding hydrogens is 421 g/mol. The number of guanidine groups is 1. The third-order valence-electron chi connectivity index (χ3n) is 4.72. The molecule has 2 aromatic heterocycles. The molecule has 0 unspecified atom stereocenters. The van der Waals surface area contributed by atoms with Gasteiger partial charge in [0.25, 0.3) is 0 Å². The number of anilines is 1. The van der Waals surface area contributed by atoms with Crippen LogP contribution in [0.1, 0.15) is 24.2 Å². The van der Waals surface area contributed by atoms with Crippen LogP contribution in [-0.2, 0) is 0 Å². The predicted octanol–water partition coefficient (Wildman–Crippen LogP) is 3.25. The highest BCUT2D eigenvalue weighted by Gasteiger charge is 2.14. The van der Waals surface area contributed by atoms with Crippen molar-refractivity contribution in [3.05, 3.63) is 90.1 Å². The smallest absolute Gasteiger partial charge is 0.225 e. The number of halogens is 1. The first-order chi connectivity index (χ1) is 16.0. The molecule has 0 aliphatic carbocycles. The molecule has 0 radical (unpaired) electrons. The minimum absolute atomic E-state index is 0.00286. The largest absolute Gasteiger partial charge is 0.369 e. The summed E-state index contributed by atoms with van der Waals surface area (Å²) in [6.07, 6.45) is 4.81. The fraction of sp³-hybridized carbons (Fsp3) is 0.0870. The molecule has 0 bridgehead atoms. The second-order valence-electron chi connectivity index (χ2n) is 7.15. The van der Waals surface area contributed by atoms with Gasteiger partial charge in [0.05, 0.1) is 12.3 Å². The van der Waals surface area contributed by atoms with E-state index in [1.807, 2.05) is 37.3 Å². The Kier molecular flexibility index (Phi) is 6.35. The maximum atomic E-state index is 13.5. The van der Waals surface area contributed by atoms with Crippen LogP contribution < -0.4 is 16.8 Å². The molecule has 1 atom stereocenters. The molecule has 0 amide bonds. The van der Waals surface area contributed by atoms with Crippen molar-refractivity contribution in [2.75, 3.05) is 5.32 Å². The highest BCUT2D eigenvalue weighted by molar-refractivity contribution is 5.81. The van der Waals surface area contributed by atoms with Crippen LogP contribution in [0, 0.1) is 5.82 Å². The van der Waals surface area contributed by atoms with Crippen molar-refractivity contribution in [2.24, 2.45) is 21.7 Å². The Morgan fingerprint density at radius 2 is 1.82 bits per heavy atom. The summed E-state index contributed by atoms with van der Waals surface area (Å²) in [5.41, 5.74) is 12.9. The van der Waals surface area contributed by atoms with Crippen LogP contribution in [0.4, 0.5) is 10.3 Å². The lowest BCUT2D eigenvalue weighted by atomic mass is 10.1. The number of imidazole rings is 1. The van der Waals surface area contributed by atoms with Crippen LogP contribution in [0.25, 0.3) is 17.2 Å². The molecule has 33 heavy (non-hydrogen) atoms. The van der Waals surface area contributed by atoms with Gasteiger partial charge < -0.3 is 16.8 Å². The van der Waals surface area contributed by atoms with E-state index in [4.69, 9.17) is 11.5 Å². The SMILES string of the molecule is C[C@H](Nc1nccc(-n2cc(/C=N/N=C(N)N)nc2-c2ccc(F)cc2)n1)c1ccccc1. The molecule has 10 heteroatoms. The first kappa shape index (κ1) is 21.6. The topological polar surface area (TPSA) is 132 Å². The number of nitrogens with one attached hydrogen (secondary N) is 1. The normalized spacial score (nSPS) is 11.9. The summed E-state index contributed by atoms with van der Waals surface area (Å²) in [5, 5.41) is 10.7. The average molecular weight is 443 g/mol. The number of aromatic nitrogens is 4. The van der Waals surface area contributed by atoms with E-state index in [0.29, 0.717) is 28.8 Å². The lowest BCUT2D eigenvalue weighted by molar-refractivity contribution is 0.628. The molecule has 0 spiro atoms. The Hall–Kier alpha value is -4.60. The zero-order valence-electron chi connectivity index (χ0n) is 17.8. The predicted molar refractivity (Wildman–Crippen MR) is 126 cm³/mol. The van der Waals surface area contributed by atoms with Crippen LogP contribution in [0.15, 0.2) is 83.3 Å². The van der Waals surface area contributed by atoms with Gasteiger partial charge >= 0.3 is 0 Å². The lowest BCUT2D eigenvalue weighted by Gasteiger charge is -2.15. The van der Waals surface area contributed by atoms with Crippen molar-refractivity contribution in [3.63, 3.8) is 0 Å². The summed E-state index contributed by atoms with van der Waals surface area (Å²) in [6, 6.07) is 17.8. The van der Waals surface area contributed by atoms with Gasteiger partial charge in [-0.15, -0.1) is 5.10 Å². The van der Waals surface area contributed by atoms with Crippen molar-refractivity contribution < 1.29 is 4.39 Å². The number of benzene rings is 2. The second-order valence-corrected chi connectivity index (χ2v) is 7.15. The molecule has 4 aromatic rings. The average Bonchev–Trinajstić information content (AvgIpc) is 3.24. The molecule has 2 heterocycles. The first-order valence-electron chi connectivity index (χ1n) is 10.1. The van der Waals surface area contributed by atoms with Crippen LogP contribution in [-0.4, -0.2) is 31.7 Å². The Morgan fingerprint density at radius 1 is 1.06 bits per heavy atom. The van der Waals surface area contributed by atoms with E-state index in [9.17, 15) is 4.39 Å². The van der Waals surface area contributed by atoms with Crippen molar-refractivity contribution in [1.82, 2.24) is 19.5 Å². The van der Waals surface area contributed by atoms with E-state index in [1.165, 1.54) is 18.3 Å². The maximum absolute atomic E-state index is 13.5. The summed E-state index contributed by atoms with van der Waals surface area (Å²) in [5.74, 6) is 1.07. The lowest BCUT2D eigenvalue weighted by Crippen LogP contribution is -2.21. The van der Waals surface area contributed by atoms with Gasteiger partial charge in [0.2, 0.25) is 11.9 Å². The van der Waals surface area contributed by atoms with E-state index in [2.05, 4.69) is 30.5 Å². The zero-order valence-corrected chi connectivity index (χ0v) is 17.8. The molecule has 5 N–H and O–H groups in total. The summed E-state index contributed by atoms with van der Waals surface area (Å²) in [7, 11) is 0. The molecule has 2 aromatic carbocycles. The fourth-order valence-electron chi connectivity index (χ4n) is 3.16. The van der Waals surface area contributed by atoms with Crippen molar-refractivity contribution in [2.45, 2.75) is 13.0 Å². The van der Waals surface area contributed by atoms with Crippen molar-refractivity contribution >= 4 is 18.1 Å². The van der Waals surface area contributed by atoms with Crippen LogP contribution >= 0.6 is 0 Å². The highest BCUT2D eigenvalue weighted by Crippen LogP contribution is 2.23. The molecule has 0 saturated heterocycles. The minimum Gasteiger partial charge on any atom is -0.369 e. The molecule has 0 aliphatic rings. The van der Waals surface area contributed by atoms with E-state index in [-0.39, 0.29) is 17.8 Å². The first-order valence-corrected chi connectivity index (χ1v) is 10.1. The van der Waals surface area contributed by atoms with Gasteiger partial charge in [-0.25, -0.2) is 14.4 Å². The van der Waals surface area contributed by atoms with Gasteiger partial charge in [-0.1, -0.05) is 30.3 Å². The number of nitrogens with two attached hydrogens (primary N) is 2. The summed E-state index contributed by atoms with van der Waals surface area (Å²) < 4.78 is 15.2. The minimum atomic E-state index is -0.338. The zero-order chi connectivity index (χ0) is 23.2. The molecule has 0 aliphatic heterocycles.